The van der Waals surface area contributed by atoms with E-state index in [1.54, 1.807) is 0 Å². The molecule has 112 valence electrons. The molecule has 0 bridgehead atoms. The highest BCUT2D eigenvalue weighted by Gasteiger charge is 2.09. The van der Waals surface area contributed by atoms with Gasteiger partial charge in [-0.1, -0.05) is 30.1 Å². The van der Waals surface area contributed by atoms with E-state index < -0.39 is 0 Å². The van der Waals surface area contributed by atoms with Crippen LogP contribution in [0.2, 0.25) is 10.0 Å². The molecule has 0 saturated heterocycles. The summed E-state index contributed by atoms with van der Waals surface area (Å²) in [6.45, 7) is 5.21. The van der Waals surface area contributed by atoms with Crippen molar-refractivity contribution >= 4 is 23.2 Å². The lowest BCUT2D eigenvalue weighted by molar-refractivity contribution is 0.189. The molecule has 0 amide bonds. The van der Waals surface area contributed by atoms with Gasteiger partial charge in [0, 0.05) is 18.6 Å². The smallest absolute Gasteiger partial charge is 0.156 e. The molecule has 3 nitrogen and oxygen atoms in total. The third-order valence-electron chi connectivity index (χ3n) is 2.73. The van der Waals surface area contributed by atoms with E-state index in [9.17, 15) is 5.11 Å². The van der Waals surface area contributed by atoms with Crippen molar-refractivity contribution in [3.05, 3.63) is 34.0 Å². The Hall–Kier alpha value is -1.06. The zero-order valence-electron chi connectivity index (χ0n) is 11.8. The van der Waals surface area contributed by atoms with Crippen molar-refractivity contribution in [2.75, 3.05) is 13.2 Å². The molecule has 0 atom stereocenters. The Bertz CT molecular complexity index is 435. The van der Waals surface area contributed by atoms with Crippen LogP contribution in [0.25, 0.3) is 0 Å². The topological polar surface area (TPSA) is 38.7 Å². The van der Waals surface area contributed by atoms with Crippen LogP contribution in [0.3, 0.4) is 0 Å². The number of phenolic OH excluding ortho intramolecular Hbond substituents is 1. The summed E-state index contributed by atoms with van der Waals surface area (Å²) in [7, 11) is 0. The van der Waals surface area contributed by atoms with Gasteiger partial charge in [-0.3, -0.25) is 0 Å². The molecule has 20 heavy (non-hydrogen) atoms. The van der Waals surface area contributed by atoms with Gasteiger partial charge in [-0.15, -0.1) is 0 Å². The largest absolute Gasteiger partial charge is 0.508 e. The Labute approximate surface area is 130 Å². The molecular weight excluding hydrogens is 299 g/mol. The second kappa shape index (κ2) is 8.98. The Morgan fingerprint density at radius 3 is 2.35 bits per heavy atom. The molecule has 0 aliphatic rings. The van der Waals surface area contributed by atoms with Crippen molar-refractivity contribution in [2.24, 2.45) is 0 Å². The third kappa shape index (κ3) is 5.51. The van der Waals surface area contributed by atoms with Crippen LogP contribution in [-0.4, -0.2) is 18.3 Å². The molecule has 0 saturated carbocycles. The zero-order valence-corrected chi connectivity index (χ0v) is 13.3. The number of benzene rings is 1. The lowest BCUT2D eigenvalue weighted by Gasteiger charge is -2.11. The van der Waals surface area contributed by atoms with Crippen molar-refractivity contribution in [3.8, 4) is 11.5 Å². The SMILES string of the molecule is CC=C(CC)OCCCCOc1c(Cl)cc(O)cc1Cl. The van der Waals surface area contributed by atoms with Gasteiger partial charge in [0.2, 0.25) is 0 Å². The predicted octanol–water partition coefficient (Wildman–Crippen LogP) is 5.19. The van der Waals surface area contributed by atoms with Crippen molar-refractivity contribution in [1.82, 2.24) is 0 Å². The molecule has 0 fully saturated rings. The molecule has 5 heteroatoms. The van der Waals surface area contributed by atoms with Crippen LogP contribution in [0.4, 0.5) is 0 Å². The number of aromatic hydroxyl groups is 1. The summed E-state index contributed by atoms with van der Waals surface area (Å²) < 4.78 is 11.1. The average Bonchev–Trinajstić information content (AvgIpc) is 2.40. The third-order valence-corrected chi connectivity index (χ3v) is 3.29. The molecule has 0 aromatic heterocycles. The summed E-state index contributed by atoms with van der Waals surface area (Å²) >= 11 is 11.9. The van der Waals surface area contributed by atoms with Crippen molar-refractivity contribution in [3.63, 3.8) is 0 Å². The Morgan fingerprint density at radius 2 is 1.80 bits per heavy atom. The summed E-state index contributed by atoms with van der Waals surface area (Å²) in [5.74, 6) is 1.45. The van der Waals surface area contributed by atoms with Crippen molar-refractivity contribution in [2.45, 2.75) is 33.1 Å². The summed E-state index contributed by atoms with van der Waals surface area (Å²) in [6, 6.07) is 2.82. The van der Waals surface area contributed by atoms with Crippen LogP contribution in [0.15, 0.2) is 24.0 Å². The number of allylic oxidation sites excluding steroid dienone is 2. The van der Waals surface area contributed by atoms with Gasteiger partial charge >= 0.3 is 0 Å². The fourth-order valence-electron chi connectivity index (χ4n) is 1.66. The number of hydrogen-bond acceptors (Lipinski definition) is 3. The number of ether oxygens (including phenoxy) is 2. The van der Waals surface area contributed by atoms with E-state index in [0.29, 0.717) is 29.0 Å². The number of phenols is 1. The molecule has 1 rings (SSSR count). The molecule has 0 heterocycles. The van der Waals surface area contributed by atoms with Crippen molar-refractivity contribution < 1.29 is 14.6 Å². The van der Waals surface area contributed by atoms with E-state index in [0.717, 1.165) is 25.0 Å². The molecule has 1 aromatic rings. The lowest BCUT2D eigenvalue weighted by atomic mass is 10.3. The quantitative estimate of drug-likeness (QED) is 0.529. The maximum atomic E-state index is 9.31. The number of unbranched alkanes of at least 4 members (excludes halogenated alkanes) is 1. The Balaban J connectivity index is 2.28. The minimum absolute atomic E-state index is 0.0270. The molecule has 0 unspecified atom stereocenters. The molecule has 0 aliphatic heterocycles. The van der Waals surface area contributed by atoms with Crippen LogP contribution in [0, 0.1) is 0 Å². The zero-order chi connectivity index (χ0) is 15.0. The van der Waals surface area contributed by atoms with Crippen LogP contribution >= 0.6 is 23.2 Å². The summed E-state index contributed by atoms with van der Waals surface area (Å²) in [6.07, 6.45) is 4.62. The minimum atomic E-state index is 0.0270. The summed E-state index contributed by atoms with van der Waals surface area (Å²) in [4.78, 5) is 0. The van der Waals surface area contributed by atoms with Crippen LogP contribution in [0.5, 0.6) is 11.5 Å². The van der Waals surface area contributed by atoms with E-state index in [-0.39, 0.29) is 5.75 Å². The first-order valence-corrected chi connectivity index (χ1v) is 7.42. The van der Waals surface area contributed by atoms with Gasteiger partial charge in [0.1, 0.15) is 5.75 Å². The minimum Gasteiger partial charge on any atom is -0.508 e. The highest BCUT2D eigenvalue weighted by atomic mass is 35.5. The monoisotopic (exact) mass is 318 g/mol. The molecule has 1 N–H and O–H groups in total. The van der Waals surface area contributed by atoms with Crippen molar-refractivity contribution in [1.29, 1.82) is 0 Å². The number of hydrogen-bond donors (Lipinski definition) is 1. The van der Waals surface area contributed by atoms with E-state index in [1.807, 2.05) is 13.0 Å². The number of rotatable bonds is 8. The Morgan fingerprint density at radius 1 is 1.20 bits per heavy atom. The second-order valence-electron chi connectivity index (χ2n) is 4.25. The van der Waals surface area contributed by atoms with Gasteiger partial charge in [0.05, 0.1) is 29.0 Å². The van der Waals surface area contributed by atoms with Gasteiger partial charge in [-0.2, -0.15) is 0 Å². The van der Waals surface area contributed by atoms with Gasteiger partial charge in [0.25, 0.3) is 0 Å². The first-order chi connectivity index (χ1) is 9.58. The maximum Gasteiger partial charge on any atom is 0.156 e. The highest BCUT2D eigenvalue weighted by Crippen LogP contribution is 2.36. The molecular formula is C15H20Cl2O3. The van der Waals surface area contributed by atoms with E-state index in [2.05, 4.69) is 6.92 Å². The van der Waals surface area contributed by atoms with E-state index in [4.69, 9.17) is 32.7 Å². The van der Waals surface area contributed by atoms with Crippen LogP contribution < -0.4 is 4.74 Å². The normalized spacial score (nSPS) is 11.5. The van der Waals surface area contributed by atoms with Gasteiger partial charge in [-0.05, 0) is 25.8 Å². The van der Waals surface area contributed by atoms with Gasteiger partial charge in [0.15, 0.2) is 5.75 Å². The molecule has 0 radical (unpaired) electrons. The maximum absolute atomic E-state index is 9.31. The van der Waals surface area contributed by atoms with Gasteiger partial charge in [-0.25, -0.2) is 0 Å². The standard InChI is InChI=1S/C15H20Cl2O3/c1-3-12(4-2)19-7-5-6-8-20-15-13(16)9-11(18)10-14(15)17/h3,9-10,18H,4-8H2,1-2H3. The predicted molar refractivity (Wildman–Crippen MR) is 82.9 cm³/mol. The van der Waals surface area contributed by atoms with Gasteiger partial charge < -0.3 is 14.6 Å². The molecule has 1 aromatic carbocycles. The molecule has 0 spiro atoms. The summed E-state index contributed by atoms with van der Waals surface area (Å²) in [5, 5.41) is 9.94. The fraction of sp³-hybridized carbons (Fsp3) is 0.467. The number of halogens is 2. The average molecular weight is 319 g/mol. The summed E-state index contributed by atoms with van der Waals surface area (Å²) in [5.41, 5.74) is 0. The highest BCUT2D eigenvalue weighted by molar-refractivity contribution is 6.37. The van der Waals surface area contributed by atoms with E-state index in [1.165, 1.54) is 12.1 Å². The second-order valence-corrected chi connectivity index (χ2v) is 5.07. The fourth-order valence-corrected chi connectivity index (χ4v) is 2.24. The first-order valence-electron chi connectivity index (χ1n) is 6.67. The van der Waals surface area contributed by atoms with E-state index >= 15 is 0 Å². The molecule has 0 aliphatic carbocycles. The lowest BCUT2D eigenvalue weighted by Crippen LogP contribution is -2.01. The Kier molecular flexibility index (Phi) is 7.63. The first kappa shape index (κ1) is 17.0. The van der Waals surface area contributed by atoms with Crippen LogP contribution in [0.1, 0.15) is 33.1 Å². The van der Waals surface area contributed by atoms with Crippen LogP contribution in [-0.2, 0) is 4.74 Å².